The van der Waals surface area contributed by atoms with Gasteiger partial charge in [0, 0.05) is 0 Å². The van der Waals surface area contributed by atoms with Crippen LogP contribution in [0.3, 0.4) is 0 Å². The van der Waals surface area contributed by atoms with Gasteiger partial charge >= 0.3 is 0 Å². The smallest absolute Gasteiger partial charge is 0.00974 e. The first-order chi connectivity index (χ1) is 41.7. The van der Waals surface area contributed by atoms with Crippen molar-refractivity contribution in [2.75, 3.05) is 0 Å². The molecule has 0 heterocycles. The fourth-order valence-corrected chi connectivity index (χ4v) is 13.7. The second-order valence-electron chi connectivity index (χ2n) is 29.6. The zero-order valence-electron chi connectivity index (χ0n) is 59.0. The molecule has 0 spiro atoms. The molecule has 0 amide bonds. The van der Waals surface area contributed by atoms with Crippen molar-refractivity contribution < 1.29 is 0 Å². The van der Waals surface area contributed by atoms with Crippen LogP contribution in [-0.4, -0.2) is 0 Å². The minimum atomic E-state index is 0.240. The summed E-state index contributed by atoms with van der Waals surface area (Å²) in [5.41, 5.74) is 17.3. The molecule has 1 saturated carbocycles. The van der Waals surface area contributed by atoms with Crippen LogP contribution in [0.15, 0.2) is 176 Å². The lowest BCUT2D eigenvalue weighted by atomic mass is 9.76. The Morgan fingerprint density at radius 2 is 0.739 bits per heavy atom. The quantitative estimate of drug-likeness (QED) is 0.114. The lowest BCUT2D eigenvalue weighted by Gasteiger charge is -2.28. The van der Waals surface area contributed by atoms with Crippen LogP contribution < -0.4 is 0 Å². The average Bonchev–Trinajstić information content (AvgIpc) is 1.54. The van der Waals surface area contributed by atoms with Gasteiger partial charge in [-0.2, -0.15) is 0 Å². The van der Waals surface area contributed by atoms with Crippen molar-refractivity contribution >= 4 is 53.9 Å². The van der Waals surface area contributed by atoms with E-state index in [0.717, 1.165) is 12.3 Å². The number of fused-ring (bicyclic) bond motifs is 5. The van der Waals surface area contributed by atoms with Crippen LogP contribution in [0.4, 0.5) is 0 Å². The van der Waals surface area contributed by atoms with Crippen molar-refractivity contribution in [3.63, 3.8) is 0 Å². The molecule has 0 radical (unpaired) electrons. The molecule has 10 aromatic carbocycles. The van der Waals surface area contributed by atoms with E-state index in [1.54, 1.807) is 5.56 Å². The summed E-state index contributed by atoms with van der Waals surface area (Å²) < 4.78 is 0. The molecule has 10 aromatic rings. The number of benzene rings is 10. The van der Waals surface area contributed by atoms with E-state index >= 15 is 0 Å². The molecule has 88 heavy (non-hydrogen) atoms. The fraction of sp³-hybridized carbons (Fsp3) is 0.432. The van der Waals surface area contributed by atoms with Crippen molar-refractivity contribution in [2.24, 2.45) is 0 Å². The Balaban J connectivity index is 0.000000158. The maximum absolute atomic E-state index is 2.44. The number of hydrogen-bond donors (Lipinski definition) is 0. The van der Waals surface area contributed by atoms with Gasteiger partial charge in [0.15, 0.2) is 0 Å². The number of hydrogen-bond acceptors (Lipinski definition) is 0. The molecule has 0 aromatic heterocycles. The van der Waals surface area contributed by atoms with Crippen LogP contribution >= 0.6 is 0 Å². The summed E-state index contributed by atoms with van der Waals surface area (Å²) in [6.45, 7) is 48.1. The first kappa shape index (κ1) is 69.0. The van der Waals surface area contributed by atoms with E-state index in [1.165, 1.54) is 167 Å². The van der Waals surface area contributed by atoms with Crippen LogP contribution in [0.5, 0.6) is 0 Å². The maximum atomic E-state index is 2.44. The lowest BCUT2D eigenvalue weighted by Crippen LogP contribution is -2.18. The van der Waals surface area contributed by atoms with Gasteiger partial charge in [-0.1, -0.05) is 318 Å². The molecule has 11 rings (SSSR count). The van der Waals surface area contributed by atoms with Crippen molar-refractivity contribution in [2.45, 2.75) is 249 Å². The minimum Gasteiger partial charge on any atom is -0.0646 e. The molecule has 0 unspecified atom stereocenters. The predicted molar refractivity (Wildman–Crippen MR) is 395 cm³/mol. The van der Waals surface area contributed by atoms with Gasteiger partial charge in [0.25, 0.3) is 0 Å². The van der Waals surface area contributed by atoms with Crippen LogP contribution in [0.2, 0.25) is 0 Å². The third-order valence-electron chi connectivity index (χ3n) is 21.2. The third-order valence-corrected chi connectivity index (χ3v) is 21.2. The first-order valence-corrected chi connectivity index (χ1v) is 34.2. The Bertz CT molecular complexity index is 3910. The predicted octanol–water partition coefficient (Wildman–Crippen LogP) is 27.0. The Morgan fingerprint density at radius 1 is 0.330 bits per heavy atom. The summed E-state index contributed by atoms with van der Waals surface area (Å²) in [6.07, 6.45) is 12.8. The molecular weight excluding hydrogens is 1060 g/mol. The van der Waals surface area contributed by atoms with E-state index in [4.69, 9.17) is 0 Å². The molecule has 0 bridgehead atoms. The molecule has 466 valence electrons. The molecule has 0 nitrogen and oxygen atoms in total. The van der Waals surface area contributed by atoms with Gasteiger partial charge in [0.2, 0.25) is 0 Å². The zero-order valence-corrected chi connectivity index (χ0v) is 59.0. The van der Waals surface area contributed by atoms with Crippen molar-refractivity contribution in [1.29, 1.82) is 0 Å². The van der Waals surface area contributed by atoms with Gasteiger partial charge in [-0.25, -0.2) is 0 Å². The number of rotatable bonds is 12. The standard InChI is InChI=1S/C21H28.2C18H24.C16H20.C15H18/c1-4-21(2,3)20-15-14-17(16-10-6-5-7-11-16)18-12-8-9-13-19(18)20;1-7-18(5,6)17-14(4)11-13(3)15-9-8-12(2)10-16(15)17;1-6-18(4,5)17-12-11-14(13(2)3)15-9-7-8-10-16(15)17;1-5-16(3,4)15-11-10-12(2)13-8-6-7-9-14(13)15;1-4-15(2,3)14-11-7-9-12-8-5-6-10-13(12)14/h8-9,12-16H,4-7,10-11H2,1-3H3;8-11H,7H2,1-6H3;7-13H,6H2,1-5H3;6-11H,5H2,1-4H3;5-11H,4H2,1-3H3. The molecule has 1 fully saturated rings. The molecule has 0 aliphatic heterocycles. The Kier molecular flexibility index (Phi) is 23.1. The molecular formula is C88H114. The third kappa shape index (κ3) is 15.7. The van der Waals surface area contributed by atoms with Gasteiger partial charge in [-0.3, -0.25) is 0 Å². The van der Waals surface area contributed by atoms with Crippen LogP contribution in [0.25, 0.3) is 53.9 Å². The fourth-order valence-electron chi connectivity index (χ4n) is 13.7. The molecule has 0 heteroatoms. The molecule has 0 atom stereocenters. The summed E-state index contributed by atoms with van der Waals surface area (Å²) in [7, 11) is 0. The highest BCUT2D eigenvalue weighted by Gasteiger charge is 2.27. The van der Waals surface area contributed by atoms with Gasteiger partial charge < -0.3 is 0 Å². The Labute approximate surface area is 536 Å². The Hall–Kier alpha value is -6.50. The van der Waals surface area contributed by atoms with Gasteiger partial charge in [-0.05, 0) is 221 Å². The van der Waals surface area contributed by atoms with E-state index in [-0.39, 0.29) is 27.1 Å². The highest BCUT2D eigenvalue weighted by Crippen LogP contribution is 2.43. The molecule has 0 N–H and O–H groups in total. The summed E-state index contributed by atoms with van der Waals surface area (Å²) in [4.78, 5) is 0. The summed E-state index contributed by atoms with van der Waals surface area (Å²) in [6, 6.07) is 65.1. The average molecular weight is 1170 g/mol. The van der Waals surface area contributed by atoms with Gasteiger partial charge in [0.05, 0.1) is 0 Å². The summed E-state index contributed by atoms with van der Waals surface area (Å²) in [5, 5.41) is 14.2. The Morgan fingerprint density at radius 3 is 1.26 bits per heavy atom. The van der Waals surface area contributed by atoms with E-state index in [1.807, 2.05) is 0 Å². The summed E-state index contributed by atoms with van der Waals surface area (Å²) >= 11 is 0. The number of aryl methyl sites for hydroxylation is 4. The molecule has 1 aliphatic rings. The first-order valence-electron chi connectivity index (χ1n) is 34.2. The second kappa shape index (κ2) is 29.4. The van der Waals surface area contributed by atoms with Crippen LogP contribution in [0.1, 0.15) is 255 Å². The zero-order chi connectivity index (χ0) is 64.4. The van der Waals surface area contributed by atoms with E-state index in [2.05, 4.69) is 321 Å². The second-order valence-corrected chi connectivity index (χ2v) is 29.6. The summed E-state index contributed by atoms with van der Waals surface area (Å²) in [5.74, 6) is 1.36. The van der Waals surface area contributed by atoms with E-state index in [0.29, 0.717) is 5.92 Å². The highest BCUT2D eigenvalue weighted by atomic mass is 14.3. The van der Waals surface area contributed by atoms with Gasteiger partial charge in [-0.15, -0.1) is 0 Å². The molecule has 1 aliphatic carbocycles. The van der Waals surface area contributed by atoms with Crippen molar-refractivity contribution in [3.8, 4) is 0 Å². The maximum Gasteiger partial charge on any atom is -0.00974 e. The highest BCUT2D eigenvalue weighted by molar-refractivity contribution is 5.93. The van der Waals surface area contributed by atoms with E-state index in [9.17, 15) is 0 Å². The lowest BCUT2D eigenvalue weighted by molar-refractivity contribution is 0.445. The van der Waals surface area contributed by atoms with Gasteiger partial charge in [0.1, 0.15) is 0 Å². The monoisotopic (exact) mass is 1170 g/mol. The normalized spacial score (nSPS) is 13.3. The van der Waals surface area contributed by atoms with Crippen molar-refractivity contribution in [1.82, 2.24) is 0 Å². The van der Waals surface area contributed by atoms with E-state index < -0.39 is 0 Å². The largest absolute Gasteiger partial charge is 0.0646 e. The van der Waals surface area contributed by atoms with Crippen LogP contribution in [0, 0.1) is 27.7 Å². The minimum absolute atomic E-state index is 0.240. The van der Waals surface area contributed by atoms with Crippen molar-refractivity contribution in [3.05, 3.63) is 237 Å². The SMILES string of the molecule is CCC(C)(C)c1c(C)cc(C)c2ccc(C)cc12.CCC(C)(C)c1ccc(C(C)C)c2ccccc12.CCC(C)(C)c1ccc(C)c2ccccc12.CCC(C)(C)c1ccc(C2CCCCC2)c2ccccc12.CCC(C)(C)c1cccc2ccccc12. The van der Waals surface area contributed by atoms with Crippen LogP contribution in [-0.2, 0) is 27.1 Å². The molecule has 0 saturated heterocycles. The topological polar surface area (TPSA) is 0 Å².